The van der Waals surface area contributed by atoms with Crippen LogP contribution >= 0.6 is 11.6 Å². The van der Waals surface area contributed by atoms with Crippen LogP contribution < -0.4 is 5.32 Å². The Morgan fingerprint density at radius 2 is 1.85 bits per heavy atom. The predicted molar refractivity (Wildman–Crippen MR) is 80.7 cm³/mol. The van der Waals surface area contributed by atoms with Crippen LogP contribution in [0.4, 0.5) is 0 Å². The molecule has 20 heavy (non-hydrogen) atoms. The summed E-state index contributed by atoms with van der Waals surface area (Å²) >= 11 is 5.73. The molecular weight excluding hydrogens is 272 g/mol. The van der Waals surface area contributed by atoms with Crippen molar-refractivity contribution < 1.29 is 4.79 Å². The number of amides is 1. The van der Waals surface area contributed by atoms with Crippen LogP contribution in [0.15, 0.2) is 48.7 Å². The van der Waals surface area contributed by atoms with Gasteiger partial charge in [0.1, 0.15) is 5.15 Å². The highest BCUT2D eigenvalue weighted by molar-refractivity contribution is 6.29. The number of nitrogens with zero attached hydrogens (tertiary/aromatic N) is 1. The summed E-state index contributed by atoms with van der Waals surface area (Å²) in [6.45, 7) is 4.16. The fourth-order valence-corrected chi connectivity index (χ4v) is 2.14. The summed E-state index contributed by atoms with van der Waals surface area (Å²) in [6.07, 6.45) is 1.49. The minimum atomic E-state index is -0.142. The highest BCUT2D eigenvalue weighted by atomic mass is 35.5. The van der Waals surface area contributed by atoms with E-state index in [2.05, 4.69) is 24.1 Å². The quantitative estimate of drug-likeness (QED) is 0.868. The van der Waals surface area contributed by atoms with Crippen LogP contribution in [-0.4, -0.2) is 10.9 Å². The number of pyridine rings is 1. The van der Waals surface area contributed by atoms with E-state index >= 15 is 0 Å². The van der Waals surface area contributed by atoms with E-state index in [1.807, 2.05) is 30.3 Å². The van der Waals surface area contributed by atoms with Crippen molar-refractivity contribution in [1.82, 2.24) is 10.3 Å². The molecule has 1 heterocycles. The molecule has 1 unspecified atom stereocenters. The topological polar surface area (TPSA) is 42.0 Å². The van der Waals surface area contributed by atoms with Crippen molar-refractivity contribution in [1.29, 1.82) is 0 Å². The molecule has 0 bridgehead atoms. The van der Waals surface area contributed by atoms with Gasteiger partial charge in [0.2, 0.25) is 0 Å². The molecular formula is C16H17ClN2O. The molecule has 0 saturated heterocycles. The largest absolute Gasteiger partial charge is 0.345 e. The second-order valence-corrected chi connectivity index (χ2v) is 5.36. The molecule has 2 aromatic rings. The zero-order valence-electron chi connectivity index (χ0n) is 11.5. The molecule has 0 saturated carbocycles. The summed E-state index contributed by atoms with van der Waals surface area (Å²) in [5.74, 6) is 0.151. The molecule has 1 aromatic heterocycles. The molecule has 1 atom stereocenters. The Balaban J connectivity index is 2.17. The van der Waals surface area contributed by atoms with Crippen molar-refractivity contribution in [2.24, 2.45) is 5.92 Å². The molecule has 1 amide bonds. The van der Waals surface area contributed by atoms with E-state index in [-0.39, 0.29) is 11.9 Å². The lowest BCUT2D eigenvalue weighted by atomic mass is 9.96. The number of carbonyl (C=O) groups is 1. The van der Waals surface area contributed by atoms with Gasteiger partial charge >= 0.3 is 0 Å². The highest BCUT2D eigenvalue weighted by Gasteiger charge is 2.18. The molecule has 0 fully saturated rings. The molecule has 104 valence electrons. The lowest BCUT2D eigenvalue weighted by molar-refractivity contribution is 0.0925. The molecule has 0 radical (unpaired) electrons. The van der Waals surface area contributed by atoms with E-state index in [0.717, 1.165) is 5.56 Å². The molecule has 0 aliphatic heterocycles. The zero-order chi connectivity index (χ0) is 14.5. The third-order valence-electron chi connectivity index (χ3n) is 3.10. The number of halogens is 1. The summed E-state index contributed by atoms with van der Waals surface area (Å²) in [6, 6.07) is 13.2. The number of rotatable bonds is 4. The van der Waals surface area contributed by atoms with Gasteiger partial charge in [0, 0.05) is 6.20 Å². The summed E-state index contributed by atoms with van der Waals surface area (Å²) in [4.78, 5) is 16.2. The highest BCUT2D eigenvalue weighted by Crippen LogP contribution is 2.21. The minimum absolute atomic E-state index is 0.0284. The summed E-state index contributed by atoms with van der Waals surface area (Å²) in [5, 5.41) is 3.43. The third kappa shape index (κ3) is 3.58. The first-order valence-electron chi connectivity index (χ1n) is 6.55. The Labute approximate surface area is 124 Å². The standard InChI is InChI=1S/C16H17ClN2O/c1-11(2)15(12-6-4-3-5-7-12)19-16(20)13-8-9-14(17)18-10-13/h3-11,15H,1-2H3,(H,19,20). The third-order valence-corrected chi connectivity index (χ3v) is 3.33. The van der Waals surface area contributed by atoms with Crippen LogP contribution in [0.2, 0.25) is 5.15 Å². The van der Waals surface area contributed by atoms with Crippen LogP contribution in [0.5, 0.6) is 0 Å². The van der Waals surface area contributed by atoms with Gasteiger partial charge in [-0.3, -0.25) is 4.79 Å². The first-order chi connectivity index (χ1) is 9.58. The predicted octanol–water partition coefficient (Wildman–Crippen LogP) is 3.86. The maximum absolute atomic E-state index is 12.2. The van der Waals surface area contributed by atoms with Gasteiger partial charge < -0.3 is 5.32 Å². The van der Waals surface area contributed by atoms with Crippen molar-refractivity contribution in [3.63, 3.8) is 0 Å². The molecule has 2 rings (SSSR count). The molecule has 0 aliphatic carbocycles. The number of aromatic nitrogens is 1. The van der Waals surface area contributed by atoms with Crippen molar-refractivity contribution in [3.8, 4) is 0 Å². The maximum atomic E-state index is 12.2. The summed E-state index contributed by atoms with van der Waals surface area (Å²) < 4.78 is 0. The molecule has 1 N–H and O–H groups in total. The Morgan fingerprint density at radius 1 is 1.15 bits per heavy atom. The number of hydrogen-bond acceptors (Lipinski definition) is 2. The van der Waals surface area contributed by atoms with Gasteiger partial charge in [0.25, 0.3) is 5.91 Å². The molecule has 1 aromatic carbocycles. The lowest BCUT2D eigenvalue weighted by Crippen LogP contribution is -2.31. The second-order valence-electron chi connectivity index (χ2n) is 4.98. The average molecular weight is 289 g/mol. The lowest BCUT2D eigenvalue weighted by Gasteiger charge is -2.23. The second kappa shape index (κ2) is 6.53. The van der Waals surface area contributed by atoms with Crippen LogP contribution in [0.25, 0.3) is 0 Å². The normalized spacial score (nSPS) is 12.2. The van der Waals surface area contributed by atoms with E-state index in [9.17, 15) is 4.79 Å². The van der Waals surface area contributed by atoms with Crippen LogP contribution in [0.1, 0.15) is 35.8 Å². The maximum Gasteiger partial charge on any atom is 0.253 e. The molecule has 3 nitrogen and oxygen atoms in total. The monoisotopic (exact) mass is 288 g/mol. The first-order valence-corrected chi connectivity index (χ1v) is 6.93. The Morgan fingerprint density at radius 3 is 2.40 bits per heavy atom. The van der Waals surface area contributed by atoms with Crippen LogP contribution in [0, 0.1) is 5.92 Å². The number of benzene rings is 1. The van der Waals surface area contributed by atoms with Gasteiger partial charge in [0.05, 0.1) is 11.6 Å². The Kier molecular flexibility index (Phi) is 4.74. The van der Waals surface area contributed by atoms with Gasteiger partial charge in [-0.05, 0) is 23.6 Å². The van der Waals surface area contributed by atoms with E-state index in [4.69, 9.17) is 11.6 Å². The van der Waals surface area contributed by atoms with E-state index in [0.29, 0.717) is 16.6 Å². The van der Waals surface area contributed by atoms with Gasteiger partial charge in [0.15, 0.2) is 0 Å². The number of carbonyl (C=O) groups excluding carboxylic acids is 1. The average Bonchev–Trinajstić information content (AvgIpc) is 2.46. The van der Waals surface area contributed by atoms with Crippen LogP contribution in [-0.2, 0) is 0 Å². The van der Waals surface area contributed by atoms with Crippen molar-refractivity contribution in [2.45, 2.75) is 19.9 Å². The zero-order valence-corrected chi connectivity index (χ0v) is 12.3. The molecule has 0 aliphatic rings. The first kappa shape index (κ1) is 14.5. The Bertz CT molecular complexity index is 567. The van der Waals surface area contributed by atoms with Gasteiger partial charge in [-0.15, -0.1) is 0 Å². The molecule has 4 heteroatoms. The van der Waals surface area contributed by atoms with Gasteiger partial charge in [-0.1, -0.05) is 55.8 Å². The van der Waals surface area contributed by atoms with Gasteiger partial charge in [-0.2, -0.15) is 0 Å². The van der Waals surface area contributed by atoms with Crippen molar-refractivity contribution in [3.05, 3.63) is 64.9 Å². The molecule has 0 spiro atoms. The summed E-state index contributed by atoms with van der Waals surface area (Å²) in [7, 11) is 0. The Hall–Kier alpha value is -1.87. The SMILES string of the molecule is CC(C)C(NC(=O)c1ccc(Cl)nc1)c1ccccc1. The summed E-state index contributed by atoms with van der Waals surface area (Å²) in [5.41, 5.74) is 1.61. The number of nitrogens with one attached hydrogen (secondary N) is 1. The van der Waals surface area contributed by atoms with E-state index < -0.39 is 0 Å². The van der Waals surface area contributed by atoms with Crippen molar-refractivity contribution >= 4 is 17.5 Å². The fourth-order valence-electron chi connectivity index (χ4n) is 2.03. The smallest absolute Gasteiger partial charge is 0.253 e. The van der Waals surface area contributed by atoms with Crippen molar-refractivity contribution in [2.75, 3.05) is 0 Å². The fraction of sp³-hybridized carbons (Fsp3) is 0.250. The van der Waals surface area contributed by atoms with E-state index in [1.165, 1.54) is 6.20 Å². The number of hydrogen-bond donors (Lipinski definition) is 1. The van der Waals surface area contributed by atoms with Crippen LogP contribution in [0.3, 0.4) is 0 Å². The van der Waals surface area contributed by atoms with E-state index in [1.54, 1.807) is 12.1 Å². The minimum Gasteiger partial charge on any atom is -0.345 e. The van der Waals surface area contributed by atoms with Gasteiger partial charge in [-0.25, -0.2) is 4.98 Å².